The van der Waals surface area contributed by atoms with Gasteiger partial charge in [-0.15, -0.1) is 0 Å². The maximum atomic E-state index is 12.7. The lowest BCUT2D eigenvalue weighted by atomic mass is 10.1. The van der Waals surface area contributed by atoms with Gasteiger partial charge in [-0.3, -0.25) is 0 Å². The molecule has 1 aromatic carbocycles. The van der Waals surface area contributed by atoms with Gasteiger partial charge in [0, 0.05) is 18.7 Å². The Morgan fingerprint density at radius 1 is 1.15 bits per heavy atom. The van der Waals surface area contributed by atoms with Crippen molar-refractivity contribution in [2.45, 2.75) is 37.1 Å². The zero-order chi connectivity index (χ0) is 14.8. The summed E-state index contributed by atoms with van der Waals surface area (Å²) in [4.78, 5) is 0.254. The van der Waals surface area contributed by atoms with E-state index >= 15 is 0 Å². The van der Waals surface area contributed by atoms with Crippen LogP contribution in [-0.2, 0) is 10.0 Å². The van der Waals surface area contributed by atoms with Crippen LogP contribution < -0.4 is 9.47 Å². The van der Waals surface area contributed by atoms with E-state index in [2.05, 4.69) is 0 Å². The second kappa shape index (κ2) is 6.01. The van der Waals surface area contributed by atoms with Gasteiger partial charge in [-0.05, 0) is 31.9 Å². The van der Waals surface area contributed by atoms with Crippen molar-refractivity contribution < 1.29 is 17.9 Å². The molecule has 5 nitrogen and oxygen atoms in total. The normalized spacial score (nSPS) is 20.6. The molecule has 1 aromatic rings. The van der Waals surface area contributed by atoms with E-state index in [0.717, 1.165) is 19.3 Å². The molecule has 0 N–H and O–H groups in total. The van der Waals surface area contributed by atoms with Crippen molar-refractivity contribution in [2.75, 3.05) is 20.8 Å². The summed E-state index contributed by atoms with van der Waals surface area (Å²) < 4.78 is 37.3. The highest BCUT2D eigenvalue weighted by Crippen LogP contribution is 2.32. The Balaban J connectivity index is 2.38. The monoisotopic (exact) mass is 299 g/mol. The molecule has 1 unspecified atom stereocenters. The standard InChI is InChI=1S/C14H21NO4S/c1-11-6-4-5-9-15(11)20(16,17)12-7-8-13(18-2)14(10-12)19-3/h7-8,10-11H,4-6,9H2,1-3H3. The number of methoxy groups -OCH3 is 2. The summed E-state index contributed by atoms with van der Waals surface area (Å²) in [7, 11) is -0.447. The Morgan fingerprint density at radius 3 is 2.45 bits per heavy atom. The van der Waals surface area contributed by atoms with E-state index in [0.29, 0.717) is 18.0 Å². The quantitative estimate of drug-likeness (QED) is 0.856. The molecular weight excluding hydrogens is 278 g/mol. The molecule has 0 bridgehead atoms. The molecule has 1 aliphatic heterocycles. The molecule has 6 heteroatoms. The molecule has 0 radical (unpaired) electrons. The van der Waals surface area contributed by atoms with Crippen LogP contribution in [0.4, 0.5) is 0 Å². The van der Waals surface area contributed by atoms with Crippen molar-refractivity contribution in [1.29, 1.82) is 0 Å². The first-order valence-corrected chi connectivity index (χ1v) is 8.18. The van der Waals surface area contributed by atoms with E-state index in [-0.39, 0.29) is 10.9 Å². The summed E-state index contributed by atoms with van der Waals surface area (Å²) in [5.41, 5.74) is 0. The van der Waals surface area contributed by atoms with Gasteiger partial charge in [0.05, 0.1) is 19.1 Å². The maximum absolute atomic E-state index is 12.7. The summed E-state index contributed by atoms with van der Waals surface area (Å²) in [5.74, 6) is 0.955. The number of nitrogens with zero attached hydrogens (tertiary/aromatic N) is 1. The summed E-state index contributed by atoms with van der Waals surface area (Å²) >= 11 is 0. The topological polar surface area (TPSA) is 55.8 Å². The van der Waals surface area contributed by atoms with E-state index in [4.69, 9.17) is 9.47 Å². The first-order chi connectivity index (χ1) is 9.50. The van der Waals surface area contributed by atoms with Crippen molar-refractivity contribution in [2.24, 2.45) is 0 Å². The van der Waals surface area contributed by atoms with Gasteiger partial charge in [-0.2, -0.15) is 4.31 Å². The lowest BCUT2D eigenvalue weighted by Crippen LogP contribution is -2.41. The van der Waals surface area contributed by atoms with Crippen LogP contribution in [0.5, 0.6) is 11.5 Å². The highest BCUT2D eigenvalue weighted by Gasteiger charge is 2.31. The molecule has 1 heterocycles. The van der Waals surface area contributed by atoms with Crippen molar-refractivity contribution in [1.82, 2.24) is 4.31 Å². The third-order valence-electron chi connectivity index (χ3n) is 3.70. The predicted octanol–water partition coefficient (Wildman–Crippen LogP) is 2.27. The van der Waals surface area contributed by atoms with Crippen LogP contribution in [0.25, 0.3) is 0 Å². The molecule has 1 fully saturated rings. The molecule has 0 saturated carbocycles. The van der Waals surface area contributed by atoms with Crippen LogP contribution in [0, 0.1) is 0 Å². The highest BCUT2D eigenvalue weighted by molar-refractivity contribution is 7.89. The molecule has 0 aromatic heterocycles. The summed E-state index contributed by atoms with van der Waals surface area (Å²) in [6.07, 6.45) is 2.91. The van der Waals surface area contributed by atoms with Gasteiger partial charge >= 0.3 is 0 Å². The minimum atomic E-state index is -3.47. The van der Waals surface area contributed by atoms with E-state index in [1.54, 1.807) is 16.4 Å². The zero-order valence-corrected chi connectivity index (χ0v) is 12.9. The van der Waals surface area contributed by atoms with Crippen LogP contribution >= 0.6 is 0 Å². The third kappa shape index (κ3) is 2.76. The molecule has 1 saturated heterocycles. The Labute approximate surface area is 120 Å². The fourth-order valence-corrected chi connectivity index (χ4v) is 4.26. The number of piperidine rings is 1. The van der Waals surface area contributed by atoms with E-state index in [1.807, 2.05) is 6.92 Å². The Hall–Kier alpha value is -1.27. The number of hydrogen-bond donors (Lipinski definition) is 0. The molecular formula is C14H21NO4S. The Morgan fingerprint density at radius 2 is 1.85 bits per heavy atom. The van der Waals surface area contributed by atoms with E-state index in [1.165, 1.54) is 20.3 Å². The van der Waals surface area contributed by atoms with Crippen molar-refractivity contribution in [3.05, 3.63) is 18.2 Å². The van der Waals surface area contributed by atoms with Gasteiger partial charge < -0.3 is 9.47 Å². The molecule has 0 aliphatic carbocycles. The van der Waals surface area contributed by atoms with Crippen molar-refractivity contribution in [3.8, 4) is 11.5 Å². The predicted molar refractivity (Wildman–Crippen MR) is 76.8 cm³/mol. The molecule has 1 atom stereocenters. The maximum Gasteiger partial charge on any atom is 0.243 e. The van der Waals surface area contributed by atoms with Crippen molar-refractivity contribution in [3.63, 3.8) is 0 Å². The summed E-state index contributed by atoms with van der Waals surface area (Å²) in [5, 5.41) is 0. The first kappa shape index (κ1) is 15.1. The van der Waals surface area contributed by atoms with Crippen LogP contribution in [0.15, 0.2) is 23.1 Å². The van der Waals surface area contributed by atoms with Gasteiger partial charge in [0.1, 0.15) is 0 Å². The molecule has 0 spiro atoms. The smallest absolute Gasteiger partial charge is 0.243 e. The van der Waals surface area contributed by atoms with Crippen LogP contribution in [0.3, 0.4) is 0 Å². The second-order valence-corrected chi connectivity index (χ2v) is 6.87. The van der Waals surface area contributed by atoms with E-state index in [9.17, 15) is 8.42 Å². The fourth-order valence-electron chi connectivity index (χ4n) is 2.54. The minimum absolute atomic E-state index is 0.0434. The Bertz CT molecular complexity index is 571. The number of hydrogen-bond acceptors (Lipinski definition) is 4. The highest BCUT2D eigenvalue weighted by atomic mass is 32.2. The molecule has 20 heavy (non-hydrogen) atoms. The number of benzene rings is 1. The minimum Gasteiger partial charge on any atom is -0.493 e. The third-order valence-corrected chi connectivity index (χ3v) is 5.71. The largest absolute Gasteiger partial charge is 0.493 e. The lowest BCUT2D eigenvalue weighted by molar-refractivity contribution is 0.268. The SMILES string of the molecule is COc1ccc(S(=O)(=O)N2CCCCC2C)cc1OC. The first-order valence-electron chi connectivity index (χ1n) is 6.74. The molecule has 2 rings (SSSR count). The fraction of sp³-hybridized carbons (Fsp3) is 0.571. The van der Waals surface area contributed by atoms with Gasteiger partial charge in [-0.1, -0.05) is 6.42 Å². The summed E-state index contributed by atoms with van der Waals surface area (Å²) in [6, 6.07) is 4.76. The summed E-state index contributed by atoms with van der Waals surface area (Å²) in [6.45, 7) is 2.54. The van der Waals surface area contributed by atoms with Crippen LogP contribution in [0.1, 0.15) is 26.2 Å². The van der Waals surface area contributed by atoms with Gasteiger partial charge in [0.25, 0.3) is 0 Å². The number of sulfonamides is 1. The molecule has 0 amide bonds. The zero-order valence-electron chi connectivity index (χ0n) is 12.1. The Kier molecular flexibility index (Phi) is 4.55. The number of rotatable bonds is 4. The van der Waals surface area contributed by atoms with Gasteiger partial charge in [0.15, 0.2) is 11.5 Å². The second-order valence-electron chi connectivity index (χ2n) is 4.98. The lowest BCUT2D eigenvalue weighted by Gasteiger charge is -2.32. The van der Waals surface area contributed by atoms with Crippen LogP contribution in [0.2, 0.25) is 0 Å². The average Bonchev–Trinajstić information content (AvgIpc) is 2.46. The van der Waals surface area contributed by atoms with Gasteiger partial charge in [0.2, 0.25) is 10.0 Å². The van der Waals surface area contributed by atoms with E-state index < -0.39 is 10.0 Å². The molecule has 112 valence electrons. The number of ether oxygens (including phenoxy) is 2. The van der Waals surface area contributed by atoms with Crippen LogP contribution in [-0.4, -0.2) is 39.5 Å². The average molecular weight is 299 g/mol. The van der Waals surface area contributed by atoms with Crippen molar-refractivity contribution >= 4 is 10.0 Å². The molecule has 1 aliphatic rings. The van der Waals surface area contributed by atoms with Gasteiger partial charge in [-0.25, -0.2) is 8.42 Å².